The van der Waals surface area contributed by atoms with Gasteiger partial charge < -0.3 is 0 Å². The first-order valence-corrected chi connectivity index (χ1v) is 17.3. The zero-order chi connectivity index (χ0) is 22.2. The van der Waals surface area contributed by atoms with Crippen molar-refractivity contribution in [2.45, 2.75) is 46.0 Å². The molecule has 0 unspecified atom stereocenters. The Morgan fingerprint density at radius 1 is 0.871 bits per heavy atom. The van der Waals surface area contributed by atoms with Crippen LogP contribution in [0.15, 0.2) is 78.9 Å². The number of benzene rings is 3. The minimum absolute atomic E-state index is 0.484. The summed E-state index contributed by atoms with van der Waals surface area (Å²) >= 11 is -0.826. The summed E-state index contributed by atoms with van der Waals surface area (Å²) in [5.41, 5.74) is 8.25. The van der Waals surface area contributed by atoms with E-state index in [9.17, 15) is 0 Å². The molecule has 0 nitrogen and oxygen atoms in total. The zero-order valence-electron chi connectivity index (χ0n) is 18.5. The molecule has 0 amide bonds. The monoisotopic (exact) mass is 525 g/mol. The van der Waals surface area contributed by atoms with Crippen molar-refractivity contribution in [2.24, 2.45) is 0 Å². The second kappa shape index (κ2) is 12.1. The molecule has 0 spiro atoms. The number of rotatable bonds is 6. The van der Waals surface area contributed by atoms with Crippen molar-refractivity contribution in [3.8, 4) is 22.3 Å². The Balaban J connectivity index is 0.000000858. The van der Waals surface area contributed by atoms with E-state index >= 15 is 0 Å². The van der Waals surface area contributed by atoms with Gasteiger partial charge in [-0.25, -0.2) is 0 Å². The second-order valence-corrected chi connectivity index (χ2v) is 11.9. The Labute approximate surface area is 205 Å². The van der Waals surface area contributed by atoms with Crippen molar-refractivity contribution in [1.82, 2.24) is 0 Å². The standard InChI is InChI=1S/C28H29.2ClH.Zr/c1-4-5-11-21-18-23-16-17-24(20(2)3)28(27(23)19-21)26-15-10-9-14-25(26)22-12-7-6-8-13-22;;;/h6-10,12-20H,4-5,11H2,1-3H3;2*1H;/q-1;;;+2/p-2. The number of hydrogen-bond acceptors (Lipinski definition) is 0. The van der Waals surface area contributed by atoms with Crippen LogP contribution in [-0.4, -0.2) is 0 Å². The molecule has 4 aromatic rings. The van der Waals surface area contributed by atoms with E-state index in [1.165, 1.54) is 63.4 Å². The van der Waals surface area contributed by atoms with Gasteiger partial charge in [0.25, 0.3) is 0 Å². The second-order valence-electron chi connectivity index (χ2n) is 8.14. The van der Waals surface area contributed by atoms with Crippen LogP contribution in [-0.2, 0) is 27.3 Å². The zero-order valence-corrected chi connectivity index (χ0v) is 22.4. The van der Waals surface area contributed by atoms with E-state index in [1.807, 2.05) is 0 Å². The van der Waals surface area contributed by atoms with E-state index in [4.69, 9.17) is 17.0 Å². The van der Waals surface area contributed by atoms with Gasteiger partial charge in [0.05, 0.1) is 0 Å². The molecule has 0 aliphatic heterocycles. The predicted molar refractivity (Wildman–Crippen MR) is 135 cm³/mol. The van der Waals surface area contributed by atoms with Gasteiger partial charge in [-0.3, -0.25) is 0 Å². The van der Waals surface area contributed by atoms with Gasteiger partial charge in [-0.15, -0.1) is 34.5 Å². The Hall–Kier alpha value is -1.27. The molecule has 4 aromatic carbocycles. The fraction of sp³-hybridized carbons (Fsp3) is 0.250. The van der Waals surface area contributed by atoms with E-state index in [0.717, 1.165) is 0 Å². The maximum atomic E-state index is 4.93. The third kappa shape index (κ3) is 5.95. The molecule has 0 atom stereocenters. The van der Waals surface area contributed by atoms with Crippen LogP contribution in [0.4, 0.5) is 0 Å². The van der Waals surface area contributed by atoms with Crippen LogP contribution < -0.4 is 0 Å². The van der Waals surface area contributed by atoms with Crippen LogP contribution >= 0.6 is 17.0 Å². The fourth-order valence-corrected chi connectivity index (χ4v) is 4.24. The summed E-state index contributed by atoms with van der Waals surface area (Å²) < 4.78 is 0. The molecule has 0 aromatic heterocycles. The molecule has 31 heavy (non-hydrogen) atoms. The molecule has 0 aliphatic carbocycles. The topological polar surface area (TPSA) is 0 Å². The van der Waals surface area contributed by atoms with Gasteiger partial charge in [-0.05, 0) is 29.0 Å². The molecule has 0 radical (unpaired) electrons. The van der Waals surface area contributed by atoms with Gasteiger partial charge in [0.1, 0.15) is 0 Å². The predicted octanol–water partition coefficient (Wildman–Crippen LogP) is 9.74. The number of unbranched alkanes of at least 4 members (excludes halogenated alkanes) is 1. The quantitative estimate of drug-likeness (QED) is 0.219. The summed E-state index contributed by atoms with van der Waals surface area (Å²) in [4.78, 5) is 0. The van der Waals surface area contributed by atoms with E-state index in [1.54, 1.807) is 0 Å². The van der Waals surface area contributed by atoms with Crippen molar-refractivity contribution in [3.05, 3.63) is 90.0 Å². The molecular formula is C28H29Cl2Zr-. The summed E-state index contributed by atoms with van der Waals surface area (Å²) in [6.45, 7) is 6.87. The minimum atomic E-state index is -0.826. The molecule has 0 saturated heterocycles. The molecule has 0 aliphatic rings. The summed E-state index contributed by atoms with van der Waals surface area (Å²) in [7, 11) is 9.87. The van der Waals surface area contributed by atoms with E-state index < -0.39 is 20.8 Å². The first-order chi connectivity index (χ1) is 15.1. The van der Waals surface area contributed by atoms with Crippen molar-refractivity contribution < 1.29 is 20.8 Å². The molecular weight excluding hydrogens is 498 g/mol. The van der Waals surface area contributed by atoms with Crippen molar-refractivity contribution in [2.75, 3.05) is 0 Å². The van der Waals surface area contributed by atoms with Crippen molar-refractivity contribution in [3.63, 3.8) is 0 Å². The molecule has 0 bridgehead atoms. The van der Waals surface area contributed by atoms with Crippen molar-refractivity contribution >= 4 is 27.8 Å². The van der Waals surface area contributed by atoms with Gasteiger partial charge in [0, 0.05) is 0 Å². The molecule has 4 rings (SSSR count). The van der Waals surface area contributed by atoms with Gasteiger partial charge in [-0.2, -0.15) is 6.07 Å². The van der Waals surface area contributed by atoms with Gasteiger partial charge in [0.2, 0.25) is 0 Å². The first-order valence-electron chi connectivity index (χ1n) is 10.9. The maximum absolute atomic E-state index is 4.93. The SMILES string of the molecule is CCCCc1cc2c(-c3ccccc3-c3ccccc3)c(C(C)C)ccc2[cH-]1.[Cl][Zr][Cl]. The number of halogens is 2. The average Bonchev–Trinajstić information content (AvgIpc) is 3.21. The normalized spacial score (nSPS) is 10.8. The van der Waals surface area contributed by atoms with Crippen molar-refractivity contribution in [1.29, 1.82) is 0 Å². The average molecular weight is 528 g/mol. The van der Waals surface area contributed by atoms with Crippen LogP contribution in [0.2, 0.25) is 0 Å². The van der Waals surface area contributed by atoms with Crippen LogP contribution in [0.3, 0.4) is 0 Å². The molecule has 0 heterocycles. The van der Waals surface area contributed by atoms with Crippen LogP contribution in [0.5, 0.6) is 0 Å². The van der Waals surface area contributed by atoms with E-state index in [-0.39, 0.29) is 0 Å². The van der Waals surface area contributed by atoms with Crippen LogP contribution in [0.1, 0.15) is 50.7 Å². The first kappa shape index (κ1) is 24.4. The summed E-state index contributed by atoms with van der Waals surface area (Å²) in [5, 5.41) is 2.77. The Bertz CT molecular complexity index is 1100. The van der Waals surface area contributed by atoms with Gasteiger partial charge in [-0.1, -0.05) is 99.3 Å². The van der Waals surface area contributed by atoms with Crippen LogP contribution in [0.25, 0.3) is 33.0 Å². The summed E-state index contributed by atoms with van der Waals surface area (Å²) in [6, 6.07) is 29.1. The number of aryl methyl sites for hydroxylation is 1. The summed E-state index contributed by atoms with van der Waals surface area (Å²) in [6.07, 6.45) is 3.66. The van der Waals surface area contributed by atoms with E-state index in [0.29, 0.717) is 5.92 Å². The van der Waals surface area contributed by atoms with Gasteiger partial charge in [0.15, 0.2) is 0 Å². The van der Waals surface area contributed by atoms with Crippen LogP contribution in [0, 0.1) is 0 Å². The molecule has 0 N–H and O–H groups in total. The molecule has 160 valence electrons. The van der Waals surface area contributed by atoms with Gasteiger partial charge >= 0.3 is 37.9 Å². The fourth-order valence-electron chi connectivity index (χ4n) is 4.24. The third-order valence-electron chi connectivity index (χ3n) is 5.70. The molecule has 0 fully saturated rings. The molecule has 3 heteroatoms. The number of hydrogen-bond donors (Lipinski definition) is 0. The van der Waals surface area contributed by atoms with E-state index in [2.05, 4.69) is 99.6 Å². The summed E-state index contributed by atoms with van der Waals surface area (Å²) in [5.74, 6) is 0.484. The Kier molecular flexibility index (Phi) is 9.52. The Morgan fingerprint density at radius 2 is 1.52 bits per heavy atom. The number of fused-ring (bicyclic) bond motifs is 1. The Morgan fingerprint density at radius 3 is 2.16 bits per heavy atom. The molecule has 0 saturated carbocycles. The third-order valence-corrected chi connectivity index (χ3v) is 5.70.